The van der Waals surface area contributed by atoms with Gasteiger partial charge in [0.25, 0.3) is 5.91 Å². The average Bonchev–Trinajstić information content (AvgIpc) is 2.66. The van der Waals surface area contributed by atoms with Gasteiger partial charge in [-0.25, -0.2) is 0 Å². The molecule has 8 heteroatoms. The zero-order valence-corrected chi connectivity index (χ0v) is 19.1. The Bertz CT molecular complexity index is 1050. The van der Waals surface area contributed by atoms with E-state index in [4.69, 9.17) is 4.74 Å². The third-order valence-corrected chi connectivity index (χ3v) is 7.06. The zero-order chi connectivity index (χ0) is 22.3. The first-order valence-electron chi connectivity index (χ1n) is 9.77. The molecule has 2 aromatic rings. The third kappa shape index (κ3) is 4.44. The molecular formula is C22H29N3O4S. The van der Waals surface area contributed by atoms with Crippen LogP contribution in [-0.2, 0) is 10.2 Å². The highest BCUT2D eigenvalue weighted by Crippen LogP contribution is 2.40. The van der Waals surface area contributed by atoms with Crippen LogP contribution in [0.4, 0.5) is 5.69 Å². The molecule has 0 aliphatic carbocycles. The molecule has 1 aliphatic heterocycles. The number of fused-ring (bicyclic) bond motifs is 1. The van der Waals surface area contributed by atoms with Crippen molar-refractivity contribution < 1.29 is 17.9 Å². The van der Waals surface area contributed by atoms with Gasteiger partial charge in [-0.15, -0.1) is 0 Å². The van der Waals surface area contributed by atoms with Crippen molar-refractivity contribution in [1.82, 2.24) is 9.62 Å². The summed E-state index contributed by atoms with van der Waals surface area (Å²) in [6.07, 6.45) is 0.650. The number of benzene rings is 2. The summed E-state index contributed by atoms with van der Waals surface area (Å²) in [5, 5.41) is 3.10. The number of carbonyl (C=O) groups is 1. The lowest BCUT2D eigenvalue weighted by molar-refractivity contribution is 0.0619. The van der Waals surface area contributed by atoms with Crippen LogP contribution < -0.4 is 14.4 Å². The molecule has 0 saturated heterocycles. The van der Waals surface area contributed by atoms with Gasteiger partial charge in [0.2, 0.25) is 0 Å². The first kappa shape index (κ1) is 22.1. The van der Waals surface area contributed by atoms with Crippen molar-refractivity contribution in [2.75, 3.05) is 25.4 Å². The monoisotopic (exact) mass is 431 g/mol. The highest BCUT2D eigenvalue weighted by Gasteiger charge is 2.34. The van der Waals surface area contributed by atoms with E-state index >= 15 is 0 Å². The largest absolute Gasteiger partial charge is 0.487 e. The second-order valence-electron chi connectivity index (χ2n) is 8.44. The van der Waals surface area contributed by atoms with E-state index < -0.39 is 15.8 Å². The topological polar surface area (TPSA) is 79.0 Å². The third-order valence-electron chi connectivity index (χ3n) is 5.23. The summed E-state index contributed by atoms with van der Waals surface area (Å²) < 4.78 is 33.0. The molecule has 1 heterocycles. The maximum atomic E-state index is 12.9. The Labute approximate surface area is 178 Å². The normalized spacial score (nSPS) is 17.8. The molecule has 0 fully saturated rings. The van der Waals surface area contributed by atoms with Gasteiger partial charge in [0.15, 0.2) is 0 Å². The molecule has 30 heavy (non-hydrogen) atoms. The van der Waals surface area contributed by atoms with Crippen molar-refractivity contribution in [1.29, 1.82) is 0 Å². The summed E-state index contributed by atoms with van der Waals surface area (Å²) >= 11 is 0. The van der Waals surface area contributed by atoms with E-state index in [2.05, 4.69) is 5.32 Å². The van der Waals surface area contributed by atoms with Gasteiger partial charge in [0, 0.05) is 38.7 Å². The van der Waals surface area contributed by atoms with Gasteiger partial charge in [-0.2, -0.15) is 12.7 Å². The lowest BCUT2D eigenvalue weighted by atomic mass is 9.89. The Morgan fingerprint density at radius 3 is 2.33 bits per heavy atom. The molecule has 0 radical (unpaired) electrons. The number of rotatable bonds is 5. The SMILES string of the molecule is Cc1ccc2c(c1)OC(C)(C)C[C@H]2NC(=O)c1ccc(N(C)S(=O)(=O)N(C)C)cc1. The van der Waals surface area contributed by atoms with Gasteiger partial charge < -0.3 is 10.1 Å². The van der Waals surface area contributed by atoms with Crippen LogP contribution in [0.25, 0.3) is 0 Å². The molecule has 1 amide bonds. The molecule has 3 rings (SSSR count). The minimum Gasteiger partial charge on any atom is -0.487 e. The molecule has 0 spiro atoms. The van der Waals surface area contributed by atoms with Crippen molar-refractivity contribution >= 4 is 21.8 Å². The molecule has 1 atom stereocenters. The second kappa shape index (κ2) is 7.92. The number of anilines is 1. The highest BCUT2D eigenvalue weighted by atomic mass is 32.2. The summed E-state index contributed by atoms with van der Waals surface area (Å²) in [6, 6.07) is 12.3. The fourth-order valence-electron chi connectivity index (χ4n) is 3.53. The van der Waals surface area contributed by atoms with Crippen LogP contribution >= 0.6 is 0 Å². The Kier molecular flexibility index (Phi) is 5.84. The molecule has 7 nitrogen and oxygen atoms in total. The second-order valence-corrected chi connectivity index (χ2v) is 10.6. The first-order valence-corrected chi connectivity index (χ1v) is 11.2. The summed E-state index contributed by atoms with van der Waals surface area (Å²) in [7, 11) is 0.845. The average molecular weight is 432 g/mol. The maximum absolute atomic E-state index is 12.9. The van der Waals surface area contributed by atoms with Crippen LogP contribution in [0, 0.1) is 6.92 Å². The molecule has 0 aromatic heterocycles. The van der Waals surface area contributed by atoms with Gasteiger partial charge in [0.1, 0.15) is 11.4 Å². The predicted molar refractivity (Wildman–Crippen MR) is 118 cm³/mol. The van der Waals surface area contributed by atoms with Crippen molar-refractivity contribution in [3.63, 3.8) is 0 Å². The first-order chi connectivity index (χ1) is 13.9. The quantitative estimate of drug-likeness (QED) is 0.788. The number of carbonyl (C=O) groups excluding carboxylic acids is 1. The molecule has 2 aromatic carbocycles. The number of amides is 1. The molecule has 0 saturated carbocycles. The standard InChI is InChI=1S/C22H29N3O4S/c1-15-7-12-18-19(14-22(2,3)29-20(18)13-15)23-21(26)16-8-10-17(11-9-16)25(6)30(27,28)24(4)5/h7-13,19H,14H2,1-6H3,(H,23,26)/t19-/m1/s1. The lowest BCUT2D eigenvalue weighted by Gasteiger charge is -2.38. The van der Waals surface area contributed by atoms with Crippen LogP contribution in [0.5, 0.6) is 5.75 Å². The fourth-order valence-corrected chi connectivity index (χ4v) is 4.41. The van der Waals surface area contributed by atoms with Crippen LogP contribution in [-0.4, -0.2) is 45.4 Å². The Morgan fingerprint density at radius 2 is 1.73 bits per heavy atom. The van der Waals surface area contributed by atoms with Crippen molar-refractivity contribution in [2.24, 2.45) is 0 Å². The van der Waals surface area contributed by atoms with E-state index in [1.807, 2.05) is 39.0 Å². The van der Waals surface area contributed by atoms with Crippen molar-refractivity contribution in [2.45, 2.75) is 38.8 Å². The number of nitrogens with zero attached hydrogens (tertiary/aromatic N) is 2. The summed E-state index contributed by atoms with van der Waals surface area (Å²) in [6.45, 7) is 6.02. The van der Waals surface area contributed by atoms with Gasteiger partial charge in [-0.1, -0.05) is 12.1 Å². The fraction of sp³-hybridized carbons (Fsp3) is 0.409. The molecule has 0 bridgehead atoms. The van der Waals surface area contributed by atoms with E-state index in [0.717, 1.165) is 21.2 Å². The minimum absolute atomic E-state index is 0.173. The van der Waals surface area contributed by atoms with Gasteiger partial charge in [-0.05, 0) is 56.7 Å². The summed E-state index contributed by atoms with van der Waals surface area (Å²) in [5.41, 5.74) is 2.61. The van der Waals surface area contributed by atoms with Gasteiger partial charge in [-0.3, -0.25) is 9.10 Å². The van der Waals surface area contributed by atoms with E-state index in [-0.39, 0.29) is 11.9 Å². The zero-order valence-electron chi connectivity index (χ0n) is 18.3. The summed E-state index contributed by atoms with van der Waals surface area (Å²) in [4.78, 5) is 12.9. The molecule has 162 valence electrons. The Hall–Kier alpha value is -2.58. The number of hydrogen-bond acceptors (Lipinski definition) is 4. The van der Waals surface area contributed by atoms with Crippen molar-refractivity contribution in [3.8, 4) is 5.75 Å². The summed E-state index contributed by atoms with van der Waals surface area (Å²) in [5.74, 6) is 0.580. The van der Waals surface area contributed by atoms with Crippen LogP contribution in [0.3, 0.4) is 0 Å². The predicted octanol–water partition coefficient (Wildman–Crippen LogP) is 3.27. The maximum Gasteiger partial charge on any atom is 0.303 e. The molecule has 1 N–H and O–H groups in total. The highest BCUT2D eigenvalue weighted by molar-refractivity contribution is 7.90. The van der Waals surface area contributed by atoms with Crippen molar-refractivity contribution in [3.05, 3.63) is 59.2 Å². The molecule has 1 aliphatic rings. The minimum atomic E-state index is -3.58. The smallest absolute Gasteiger partial charge is 0.303 e. The lowest BCUT2D eigenvalue weighted by Crippen LogP contribution is -2.41. The van der Waals surface area contributed by atoms with E-state index in [1.54, 1.807) is 24.3 Å². The number of ether oxygens (including phenoxy) is 1. The van der Waals surface area contributed by atoms with E-state index in [1.165, 1.54) is 25.4 Å². The van der Waals surface area contributed by atoms with Gasteiger partial charge >= 0.3 is 10.2 Å². The van der Waals surface area contributed by atoms with E-state index in [9.17, 15) is 13.2 Å². The Balaban J connectivity index is 1.80. The molecular weight excluding hydrogens is 402 g/mol. The molecule has 0 unspecified atom stereocenters. The number of hydrogen-bond donors (Lipinski definition) is 1. The van der Waals surface area contributed by atoms with Crippen LogP contribution in [0.15, 0.2) is 42.5 Å². The van der Waals surface area contributed by atoms with Crippen LogP contribution in [0.1, 0.15) is 47.8 Å². The number of nitrogens with one attached hydrogen (secondary N) is 1. The van der Waals surface area contributed by atoms with Gasteiger partial charge in [0.05, 0.1) is 11.7 Å². The van der Waals surface area contributed by atoms with E-state index in [0.29, 0.717) is 17.7 Å². The Morgan fingerprint density at radius 1 is 1.10 bits per heavy atom. The number of aryl methyl sites for hydroxylation is 1. The van der Waals surface area contributed by atoms with Crippen LogP contribution in [0.2, 0.25) is 0 Å².